The number of pyridine rings is 1. The zero-order valence-corrected chi connectivity index (χ0v) is 15.4. The molecule has 0 N–H and O–H groups in total. The molecule has 2 aliphatic rings. The van der Waals surface area contributed by atoms with Gasteiger partial charge in [-0.05, 0) is 67.5 Å². The summed E-state index contributed by atoms with van der Waals surface area (Å²) in [6.45, 7) is 8.27. The van der Waals surface area contributed by atoms with Crippen LogP contribution in [0.5, 0.6) is 0 Å². The van der Waals surface area contributed by atoms with Crippen molar-refractivity contribution < 1.29 is 0 Å². The molecule has 1 aromatic carbocycles. The van der Waals surface area contributed by atoms with Gasteiger partial charge in [-0.15, -0.1) is 0 Å². The molecule has 1 aliphatic heterocycles. The molecule has 1 aromatic heterocycles. The molecule has 0 bridgehead atoms. The minimum Gasteiger partial charge on any atom is -0.375 e. The van der Waals surface area contributed by atoms with E-state index in [1.807, 2.05) is 18.3 Å². The fourth-order valence-corrected chi connectivity index (χ4v) is 4.24. The minimum atomic E-state index is 0.819. The number of hydrogen-bond acceptors (Lipinski definition) is 2. The molecule has 1 saturated heterocycles. The van der Waals surface area contributed by atoms with E-state index in [4.69, 9.17) is 16.6 Å². The second-order valence-corrected chi connectivity index (χ2v) is 7.45. The number of hydrogen-bond donors (Lipinski definition) is 0. The highest BCUT2D eigenvalue weighted by Crippen LogP contribution is 2.38. The maximum absolute atomic E-state index is 6.28. The van der Waals surface area contributed by atoms with E-state index < -0.39 is 0 Å². The first-order valence-corrected chi connectivity index (χ1v) is 9.37. The van der Waals surface area contributed by atoms with E-state index >= 15 is 0 Å². The van der Waals surface area contributed by atoms with Gasteiger partial charge in [0, 0.05) is 35.6 Å². The van der Waals surface area contributed by atoms with E-state index in [1.165, 1.54) is 33.5 Å². The van der Waals surface area contributed by atoms with Crippen LogP contribution < -0.4 is 0 Å². The van der Waals surface area contributed by atoms with Crippen LogP contribution in [0, 0.1) is 0 Å². The molecule has 0 amide bonds. The molecular weight excluding hydrogens is 328 g/mol. The van der Waals surface area contributed by atoms with Gasteiger partial charge in [-0.25, -0.2) is 0 Å². The van der Waals surface area contributed by atoms with Crippen molar-refractivity contribution in [3.63, 3.8) is 0 Å². The number of likely N-dealkylation sites (tertiary alicyclic amines) is 1. The molecule has 1 fully saturated rings. The van der Waals surface area contributed by atoms with Gasteiger partial charge in [0.05, 0.1) is 5.69 Å². The number of halogens is 1. The first-order valence-electron chi connectivity index (χ1n) is 8.99. The molecule has 1 aliphatic carbocycles. The van der Waals surface area contributed by atoms with Gasteiger partial charge in [0.25, 0.3) is 0 Å². The number of fused-ring (bicyclic) bond motifs is 2. The summed E-state index contributed by atoms with van der Waals surface area (Å²) in [5, 5.41) is 0.819. The Morgan fingerprint density at radius 3 is 2.60 bits per heavy atom. The highest BCUT2D eigenvalue weighted by Gasteiger charge is 2.24. The van der Waals surface area contributed by atoms with Gasteiger partial charge in [0.15, 0.2) is 0 Å². The number of nitrogens with zero attached hydrogens (tertiary/aromatic N) is 2. The van der Waals surface area contributed by atoms with E-state index in [9.17, 15) is 0 Å². The van der Waals surface area contributed by atoms with Gasteiger partial charge in [-0.2, -0.15) is 0 Å². The van der Waals surface area contributed by atoms with Gasteiger partial charge in [0.1, 0.15) is 0 Å². The first-order chi connectivity index (χ1) is 12.1. The third-order valence-electron chi connectivity index (χ3n) is 5.39. The lowest BCUT2D eigenvalue weighted by Gasteiger charge is -2.32. The predicted octanol–water partition coefficient (Wildman–Crippen LogP) is 5.26. The maximum Gasteiger partial charge on any atom is 0.0739 e. The number of piperidine rings is 1. The van der Waals surface area contributed by atoms with Crippen LogP contribution in [0.25, 0.3) is 5.57 Å². The zero-order valence-electron chi connectivity index (χ0n) is 14.7. The number of allylic oxidation sites excluding steroid dienone is 1. The number of aromatic nitrogens is 1. The molecule has 25 heavy (non-hydrogen) atoms. The van der Waals surface area contributed by atoms with Crippen molar-refractivity contribution in [3.05, 3.63) is 81.8 Å². The van der Waals surface area contributed by atoms with E-state index in [2.05, 4.69) is 36.6 Å². The minimum absolute atomic E-state index is 0.819. The molecular formula is C22H23ClN2. The fourth-order valence-electron chi connectivity index (χ4n) is 4.04. The van der Waals surface area contributed by atoms with Crippen LogP contribution in [-0.4, -0.2) is 23.0 Å². The molecule has 2 aromatic rings. The lowest BCUT2D eigenvalue weighted by atomic mass is 9.88. The molecule has 4 rings (SSSR count). The second-order valence-electron chi connectivity index (χ2n) is 7.01. The maximum atomic E-state index is 6.28. The Hall–Kier alpha value is -2.06. The van der Waals surface area contributed by atoms with Crippen molar-refractivity contribution in [2.45, 2.75) is 32.6 Å². The zero-order chi connectivity index (χ0) is 17.4. The average molecular weight is 351 g/mol. The van der Waals surface area contributed by atoms with Crippen LogP contribution in [0.4, 0.5) is 0 Å². The van der Waals surface area contributed by atoms with E-state index in [1.54, 1.807) is 0 Å². The molecule has 0 spiro atoms. The quantitative estimate of drug-likeness (QED) is 0.697. The summed E-state index contributed by atoms with van der Waals surface area (Å²) >= 11 is 6.28. The van der Waals surface area contributed by atoms with Crippen LogP contribution in [0.2, 0.25) is 5.02 Å². The Kier molecular flexibility index (Phi) is 4.39. The molecule has 128 valence electrons. The third-order valence-corrected chi connectivity index (χ3v) is 5.62. The molecule has 0 radical (unpaired) electrons. The number of rotatable bonds is 1. The normalized spacial score (nSPS) is 17.0. The number of benzene rings is 1. The summed E-state index contributed by atoms with van der Waals surface area (Å²) in [5.74, 6) is 0. The Bertz CT molecular complexity index is 856. The summed E-state index contributed by atoms with van der Waals surface area (Å²) in [6.07, 6.45) is 6.10. The second kappa shape index (κ2) is 6.68. The van der Waals surface area contributed by atoms with Gasteiger partial charge < -0.3 is 4.90 Å². The lowest BCUT2D eigenvalue weighted by molar-refractivity contribution is 0.324. The van der Waals surface area contributed by atoms with Crippen molar-refractivity contribution in [3.8, 4) is 0 Å². The van der Waals surface area contributed by atoms with Crippen molar-refractivity contribution in [2.24, 2.45) is 0 Å². The summed E-state index contributed by atoms with van der Waals surface area (Å²) in [6, 6.07) is 10.6. The van der Waals surface area contributed by atoms with E-state index in [0.29, 0.717) is 0 Å². The monoisotopic (exact) mass is 350 g/mol. The molecule has 0 unspecified atom stereocenters. The predicted molar refractivity (Wildman–Crippen MR) is 105 cm³/mol. The van der Waals surface area contributed by atoms with Crippen molar-refractivity contribution >= 4 is 17.2 Å². The molecule has 0 atom stereocenters. The van der Waals surface area contributed by atoms with Gasteiger partial charge >= 0.3 is 0 Å². The van der Waals surface area contributed by atoms with Crippen molar-refractivity contribution in [1.82, 2.24) is 9.88 Å². The smallest absolute Gasteiger partial charge is 0.0739 e. The van der Waals surface area contributed by atoms with E-state index in [-0.39, 0.29) is 0 Å². The van der Waals surface area contributed by atoms with Gasteiger partial charge in [0.2, 0.25) is 0 Å². The SMILES string of the molecule is C=C(C)N1CCC(=C2c3ccc(Cl)cc3CCc3cccnc32)CC1. The molecule has 3 heteroatoms. The first kappa shape index (κ1) is 16.4. The lowest BCUT2D eigenvalue weighted by Crippen LogP contribution is -2.29. The van der Waals surface area contributed by atoms with Crippen molar-refractivity contribution in [2.75, 3.05) is 13.1 Å². The van der Waals surface area contributed by atoms with Crippen molar-refractivity contribution in [1.29, 1.82) is 0 Å². The highest BCUT2D eigenvalue weighted by molar-refractivity contribution is 6.30. The molecule has 0 saturated carbocycles. The molecule has 2 heterocycles. The van der Waals surface area contributed by atoms with Crippen LogP contribution in [0.15, 0.2) is 54.4 Å². The third kappa shape index (κ3) is 3.11. The van der Waals surface area contributed by atoms with Gasteiger partial charge in [-0.1, -0.05) is 35.9 Å². The average Bonchev–Trinajstić information content (AvgIpc) is 2.78. The topological polar surface area (TPSA) is 16.1 Å². The fraction of sp³-hybridized carbons (Fsp3) is 0.318. The highest BCUT2D eigenvalue weighted by atomic mass is 35.5. The van der Waals surface area contributed by atoms with E-state index in [0.717, 1.165) is 49.5 Å². The Morgan fingerprint density at radius 2 is 1.84 bits per heavy atom. The Balaban J connectivity index is 1.86. The standard InChI is InChI=1S/C22H23ClN2/c1-15(2)25-12-9-16(10-13-25)21-20-8-7-19(23)14-18(20)6-5-17-4-3-11-24-22(17)21/h3-4,7-8,11,14H,1,5-6,9-10,12-13H2,2H3. The van der Waals surface area contributed by atoms with Crippen LogP contribution in [-0.2, 0) is 12.8 Å². The Labute approximate surface area is 154 Å². The van der Waals surface area contributed by atoms with Crippen LogP contribution in [0.3, 0.4) is 0 Å². The summed E-state index contributed by atoms with van der Waals surface area (Å²) in [7, 11) is 0. The van der Waals surface area contributed by atoms with Gasteiger partial charge in [-0.3, -0.25) is 4.98 Å². The number of aryl methyl sites for hydroxylation is 2. The molecule has 2 nitrogen and oxygen atoms in total. The largest absolute Gasteiger partial charge is 0.375 e. The summed E-state index contributed by atoms with van der Waals surface area (Å²) in [4.78, 5) is 7.17. The summed E-state index contributed by atoms with van der Waals surface area (Å²) < 4.78 is 0. The Morgan fingerprint density at radius 1 is 1.08 bits per heavy atom. The van der Waals surface area contributed by atoms with Crippen LogP contribution >= 0.6 is 11.6 Å². The summed E-state index contributed by atoms with van der Waals surface area (Å²) in [5.41, 5.74) is 9.21. The van der Waals surface area contributed by atoms with Crippen LogP contribution in [0.1, 0.15) is 42.1 Å².